The van der Waals surface area contributed by atoms with Crippen LogP contribution in [-0.4, -0.2) is 16.8 Å². The third-order valence-corrected chi connectivity index (χ3v) is 4.14. The number of halogens is 1. The molecule has 1 aromatic heterocycles. The number of anilines is 4. The molecule has 7 heteroatoms. The maximum Gasteiger partial charge on any atom is 0.257 e. The zero-order valence-corrected chi connectivity index (χ0v) is 16.2. The van der Waals surface area contributed by atoms with Crippen LogP contribution in [0.2, 0.25) is 5.02 Å². The Labute approximate surface area is 168 Å². The average Bonchev–Trinajstić information content (AvgIpc) is 2.64. The largest absolute Gasteiger partial charge is 0.354 e. The third kappa shape index (κ3) is 5.08. The van der Waals surface area contributed by atoms with Crippen molar-refractivity contribution in [2.24, 2.45) is 0 Å². The molecule has 0 aliphatic carbocycles. The molecule has 2 aromatic carbocycles. The van der Waals surface area contributed by atoms with Crippen molar-refractivity contribution < 1.29 is 9.59 Å². The quantitative estimate of drug-likeness (QED) is 0.568. The standard InChI is InChI=1S/C21H19ClN4O2/c1-13-8-16(22)6-7-20(13)25-19-9-15(11-23-12-19)21(28)26-18-5-3-4-17(10-18)24-14(2)27/h3-12,25H,1-2H3,(H,24,27)(H,26,28). The van der Waals surface area contributed by atoms with Gasteiger partial charge in [0.15, 0.2) is 0 Å². The molecule has 28 heavy (non-hydrogen) atoms. The number of rotatable bonds is 5. The van der Waals surface area contributed by atoms with Crippen LogP contribution in [0.3, 0.4) is 0 Å². The Balaban J connectivity index is 1.74. The van der Waals surface area contributed by atoms with Gasteiger partial charge < -0.3 is 16.0 Å². The molecule has 0 saturated carbocycles. The highest BCUT2D eigenvalue weighted by Crippen LogP contribution is 2.24. The molecule has 0 saturated heterocycles. The van der Waals surface area contributed by atoms with Gasteiger partial charge in [-0.15, -0.1) is 0 Å². The fourth-order valence-corrected chi connectivity index (χ4v) is 2.86. The number of hydrogen-bond acceptors (Lipinski definition) is 4. The summed E-state index contributed by atoms with van der Waals surface area (Å²) in [5.41, 5.74) is 4.13. The van der Waals surface area contributed by atoms with Crippen LogP contribution in [0.1, 0.15) is 22.8 Å². The molecule has 0 fully saturated rings. The van der Waals surface area contributed by atoms with Gasteiger partial charge in [-0.1, -0.05) is 17.7 Å². The number of hydrogen-bond donors (Lipinski definition) is 3. The van der Waals surface area contributed by atoms with E-state index in [1.165, 1.54) is 13.1 Å². The first kappa shape index (κ1) is 19.4. The second-order valence-electron chi connectivity index (χ2n) is 6.26. The lowest BCUT2D eigenvalue weighted by Crippen LogP contribution is -2.13. The maximum absolute atomic E-state index is 12.6. The van der Waals surface area contributed by atoms with Gasteiger partial charge in [0.2, 0.25) is 5.91 Å². The topological polar surface area (TPSA) is 83.1 Å². The van der Waals surface area contributed by atoms with Crippen molar-refractivity contribution >= 4 is 46.2 Å². The summed E-state index contributed by atoms with van der Waals surface area (Å²) in [6.07, 6.45) is 3.13. The second kappa shape index (κ2) is 8.54. The van der Waals surface area contributed by atoms with E-state index in [1.54, 1.807) is 42.6 Å². The van der Waals surface area contributed by atoms with Gasteiger partial charge in [-0.05, 0) is 55.0 Å². The Bertz CT molecular complexity index is 1040. The number of aryl methyl sites for hydroxylation is 1. The monoisotopic (exact) mass is 394 g/mol. The summed E-state index contributed by atoms with van der Waals surface area (Å²) >= 11 is 5.99. The summed E-state index contributed by atoms with van der Waals surface area (Å²) < 4.78 is 0. The molecule has 3 aromatic rings. The summed E-state index contributed by atoms with van der Waals surface area (Å²) in [6.45, 7) is 3.37. The van der Waals surface area contributed by atoms with Gasteiger partial charge >= 0.3 is 0 Å². The molecule has 0 atom stereocenters. The van der Waals surface area contributed by atoms with Crippen LogP contribution in [0.4, 0.5) is 22.7 Å². The predicted octanol–water partition coefficient (Wildman–Crippen LogP) is 5.00. The molecule has 6 nitrogen and oxygen atoms in total. The Kier molecular flexibility index (Phi) is 5.91. The number of nitrogens with one attached hydrogen (secondary N) is 3. The van der Waals surface area contributed by atoms with Crippen molar-refractivity contribution in [3.8, 4) is 0 Å². The number of pyridine rings is 1. The van der Waals surface area contributed by atoms with E-state index in [4.69, 9.17) is 11.6 Å². The highest BCUT2D eigenvalue weighted by Gasteiger charge is 2.09. The summed E-state index contributed by atoms with van der Waals surface area (Å²) in [5.74, 6) is -0.479. The minimum Gasteiger partial charge on any atom is -0.354 e. The van der Waals surface area contributed by atoms with E-state index in [1.807, 2.05) is 19.1 Å². The van der Waals surface area contributed by atoms with E-state index in [2.05, 4.69) is 20.9 Å². The smallest absolute Gasteiger partial charge is 0.257 e. The molecule has 0 aliphatic heterocycles. The number of carbonyl (C=O) groups excluding carboxylic acids is 2. The second-order valence-corrected chi connectivity index (χ2v) is 6.70. The van der Waals surface area contributed by atoms with Gasteiger partial charge in [-0.25, -0.2) is 0 Å². The van der Waals surface area contributed by atoms with Crippen LogP contribution in [0.15, 0.2) is 60.9 Å². The molecular formula is C21H19ClN4O2. The first-order valence-electron chi connectivity index (χ1n) is 8.58. The van der Waals surface area contributed by atoms with Crippen molar-refractivity contribution in [2.45, 2.75) is 13.8 Å². The average molecular weight is 395 g/mol. The number of nitrogens with zero attached hydrogens (tertiary/aromatic N) is 1. The highest BCUT2D eigenvalue weighted by molar-refractivity contribution is 6.30. The van der Waals surface area contributed by atoms with Crippen molar-refractivity contribution in [2.75, 3.05) is 16.0 Å². The van der Waals surface area contributed by atoms with Crippen LogP contribution < -0.4 is 16.0 Å². The van der Waals surface area contributed by atoms with Gasteiger partial charge in [0, 0.05) is 35.2 Å². The zero-order valence-electron chi connectivity index (χ0n) is 15.4. The van der Waals surface area contributed by atoms with Crippen LogP contribution in [-0.2, 0) is 4.79 Å². The van der Waals surface area contributed by atoms with Crippen molar-refractivity contribution in [1.82, 2.24) is 4.98 Å². The Morgan fingerprint density at radius 2 is 1.68 bits per heavy atom. The zero-order chi connectivity index (χ0) is 20.1. The van der Waals surface area contributed by atoms with Gasteiger partial charge in [-0.2, -0.15) is 0 Å². The summed E-state index contributed by atoms with van der Waals surface area (Å²) in [4.78, 5) is 27.9. The normalized spacial score (nSPS) is 10.2. The minimum absolute atomic E-state index is 0.177. The van der Waals surface area contributed by atoms with Crippen LogP contribution in [0.5, 0.6) is 0 Å². The maximum atomic E-state index is 12.6. The van der Waals surface area contributed by atoms with Crippen molar-refractivity contribution in [3.05, 3.63) is 77.1 Å². The molecule has 0 unspecified atom stereocenters. The van der Waals surface area contributed by atoms with Gasteiger partial charge in [0.05, 0.1) is 17.4 Å². The third-order valence-electron chi connectivity index (χ3n) is 3.91. The van der Waals surface area contributed by atoms with Crippen LogP contribution in [0, 0.1) is 6.92 Å². The van der Waals surface area contributed by atoms with E-state index >= 15 is 0 Å². The van der Waals surface area contributed by atoms with E-state index in [9.17, 15) is 9.59 Å². The summed E-state index contributed by atoms with van der Waals surface area (Å²) in [5, 5.41) is 9.39. The first-order valence-corrected chi connectivity index (χ1v) is 8.96. The molecule has 0 radical (unpaired) electrons. The Hall–Kier alpha value is -3.38. The summed E-state index contributed by atoms with van der Waals surface area (Å²) in [6, 6.07) is 14.2. The molecule has 0 spiro atoms. The number of carbonyl (C=O) groups is 2. The molecule has 142 valence electrons. The van der Waals surface area contributed by atoms with E-state index < -0.39 is 0 Å². The molecule has 0 aliphatic rings. The lowest BCUT2D eigenvalue weighted by molar-refractivity contribution is -0.114. The van der Waals surface area contributed by atoms with Crippen LogP contribution in [0.25, 0.3) is 0 Å². The van der Waals surface area contributed by atoms with Gasteiger partial charge in [0.25, 0.3) is 5.91 Å². The molecule has 1 heterocycles. The molecule has 3 rings (SSSR count). The van der Waals surface area contributed by atoms with Crippen molar-refractivity contribution in [3.63, 3.8) is 0 Å². The van der Waals surface area contributed by atoms with Gasteiger partial charge in [-0.3, -0.25) is 14.6 Å². The predicted molar refractivity (Wildman–Crippen MR) is 112 cm³/mol. The fraction of sp³-hybridized carbons (Fsp3) is 0.0952. The van der Waals surface area contributed by atoms with Crippen LogP contribution >= 0.6 is 11.6 Å². The highest BCUT2D eigenvalue weighted by atomic mass is 35.5. The molecule has 0 bridgehead atoms. The van der Waals surface area contributed by atoms with E-state index in [0.29, 0.717) is 27.6 Å². The SMILES string of the molecule is CC(=O)Nc1cccc(NC(=O)c2cncc(Nc3ccc(Cl)cc3C)c2)c1. The molecular weight excluding hydrogens is 376 g/mol. The summed E-state index contributed by atoms with van der Waals surface area (Å²) in [7, 11) is 0. The lowest BCUT2D eigenvalue weighted by atomic mass is 10.2. The van der Waals surface area contributed by atoms with Gasteiger partial charge in [0.1, 0.15) is 0 Å². The Morgan fingerprint density at radius 3 is 2.39 bits per heavy atom. The fourth-order valence-electron chi connectivity index (χ4n) is 2.64. The molecule has 3 N–H and O–H groups in total. The van der Waals surface area contributed by atoms with Crippen molar-refractivity contribution in [1.29, 1.82) is 0 Å². The number of aromatic nitrogens is 1. The minimum atomic E-state index is -0.302. The lowest BCUT2D eigenvalue weighted by Gasteiger charge is -2.11. The number of benzene rings is 2. The number of amides is 2. The van der Waals surface area contributed by atoms with E-state index in [0.717, 1.165) is 11.3 Å². The molecule has 2 amide bonds. The van der Waals surface area contributed by atoms with E-state index in [-0.39, 0.29) is 11.8 Å². The first-order chi connectivity index (χ1) is 13.4. The Morgan fingerprint density at radius 1 is 0.929 bits per heavy atom.